The third kappa shape index (κ3) is 7.86. The van der Waals surface area contributed by atoms with Crippen LogP contribution in [-0.4, -0.2) is 35.1 Å². The van der Waals surface area contributed by atoms with Gasteiger partial charge in [0, 0.05) is 29.4 Å². The molecule has 0 aromatic heterocycles. The maximum atomic E-state index is 14.0. The molecule has 0 radical (unpaired) electrons. The van der Waals surface area contributed by atoms with E-state index in [1.807, 2.05) is 31.2 Å². The summed E-state index contributed by atoms with van der Waals surface area (Å²) in [5.41, 5.74) is 2.47. The second-order valence-electron chi connectivity index (χ2n) is 7.52. The Hall–Kier alpha value is -2.05. The van der Waals surface area contributed by atoms with Gasteiger partial charge in [0.2, 0.25) is 11.8 Å². The van der Waals surface area contributed by atoms with Gasteiger partial charge in [0.05, 0.1) is 5.75 Å². The van der Waals surface area contributed by atoms with Crippen molar-refractivity contribution in [3.8, 4) is 0 Å². The Bertz CT molecular complexity index is 856. The lowest BCUT2D eigenvalue weighted by atomic mass is 10.1. The number of benzene rings is 2. The molecule has 2 amide bonds. The van der Waals surface area contributed by atoms with Crippen LogP contribution in [0, 0.1) is 12.7 Å². The van der Waals surface area contributed by atoms with Crippen LogP contribution < -0.4 is 5.32 Å². The van der Waals surface area contributed by atoms with Gasteiger partial charge < -0.3 is 10.2 Å². The molecule has 168 valence electrons. The van der Waals surface area contributed by atoms with Crippen molar-refractivity contribution in [2.75, 3.05) is 12.3 Å². The number of unbranched alkanes of at least 4 members (excludes halogenated alkanes) is 1. The van der Waals surface area contributed by atoms with Gasteiger partial charge in [-0.25, -0.2) is 4.39 Å². The Kier molecular flexibility index (Phi) is 10.3. The van der Waals surface area contributed by atoms with E-state index in [1.165, 1.54) is 17.8 Å². The molecular formula is C24H30ClFN2O2S. The highest BCUT2D eigenvalue weighted by atomic mass is 35.5. The fraction of sp³-hybridized carbons (Fsp3) is 0.417. The molecule has 0 aliphatic carbocycles. The number of nitrogens with one attached hydrogen (secondary N) is 1. The van der Waals surface area contributed by atoms with Crippen LogP contribution >= 0.6 is 23.4 Å². The molecule has 2 aromatic carbocycles. The van der Waals surface area contributed by atoms with Crippen molar-refractivity contribution in [1.29, 1.82) is 0 Å². The van der Waals surface area contributed by atoms with Crippen LogP contribution in [0.4, 0.5) is 4.39 Å². The molecule has 4 nitrogen and oxygen atoms in total. The molecule has 2 aromatic rings. The van der Waals surface area contributed by atoms with Crippen LogP contribution in [0.3, 0.4) is 0 Å². The van der Waals surface area contributed by atoms with Gasteiger partial charge in [0.25, 0.3) is 0 Å². The number of carbonyl (C=O) groups excluding carboxylic acids is 2. The number of rotatable bonds is 11. The Morgan fingerprint density at radius 3 is 2.55 bits per heavy atom. The predicted molar refractivity (Wildman–Crippen MR) is 127 cm³/mol. The summed E-state index contributed by atoms with van der Waals surface area (Å²) in [6, 6.07) is 11.8. The molecule has 0 saturated carbocycles. The highest BCUT2D eigenvalue weighted by Gasteiger charge is 2.26. The first-order chi connectivity index (χ1) is 14.8. The summed E-state index contributed by atoms with van der Waals surface area (Å²) in [6.45, 7) is 6.73. The molecular weight excluding hydrogens is 435 g/mol. The highest BCUT2D eigenvalue weighted by Crippen LogP contribution is 2.24. The fourth-order valence-electron chi connectivity index (χ4n) is 3.00. The Balaban J connectivity index is 2.07. The third-order valence-electron chi connectivity index (χ3n) is 5.00. The topological polar surface area (TPSA) is 49.4 Å². The van der Waals surface area contributed by atoms with Crippen molar-refractivity contribution in [2.45, 2.75) is 52.0 Å². The molecule has 0 heterocycles. The summed E-state index contributed by atoms with van der Waals surface area (Å²) in [6.07, 6.45) is 1.87. The summed E-state index contributed by atoms with van der Waals surface area (Å²) < 4.78 is 14.0. The lowest BCUT2D eigenvalue weighted by molar-refractivity contribution is -0.138. The van der Waals surface area contributed by atoms with Gasteiger partial charge in [0.1, 0.15) is 11.9 Å². The zero-order chi connectivity index (χ0) is 22.8. The molecule has 0 aliphatic heterocycles. The van der Waals surface area contributed by atoms with Gasteiger partial charge in [-0.15, -0.1) is 11.8 Å². The average Bonchev–Trinajstić information content (AvgIpc) is 2.75. The van der Waals surface area contributed by atoms with Crippen molar-refractivity contribution in [1.82, 2.24) is 10.2 Å². The van der Waals surface area contributed by atoms with Crippen molar-refractivity contribution >= 4 is 35.2 Å². The van der Waals surface area contributed by atoms with Crippen molar-refractivity contribution in [3.63, 3.8) is 0 Å². The van der Waals surface area contributed by atoms with Crippen molar-refractivity contribution < 1.29 is 14.0 Å². The summed E-state index contributed by atoms with van der Waals surface area (Å²) in [4.78, 5) is 27.2. The normalized spacial score (nSPS) is 11.8. The van der Waals surface area contributed by atoms with Gasteiger partial charge in [0.15, 0.2) is 0 Å². The van der Waals surface area contributed by atoms with Crippen LogP contribution in [-0.2, 0) is 21.9 Å². The fourth-order valence-corrected chi connectivity index (χ4v) is 4.25. The van der Waals surface area contributed by atoms with Gasteiger partial charge in [-0.3, -0.25) is 9.59 Å². The molecule has 0 bridgehead atoms. The molecule has 31 heavy (non-hydrogen) atoms. The average molecular weight is 465 g/mol. The summed E-state index contributed by atoms with van der Waals surface area (Å²) in [7, 11) is 0. The van der Waals surface area contributed by atoms with E-state index in [9.17, 15) is 14.0 Å². The minimum absolute atomic E-state index is 0.128. The lowest BCUT2D eigenvalue weighted by Gasteiger charge is -2.29. The SMILES string of the molecule is CCCCNC(=O)[C@@H](C)N(Cc1ccc(C)cc1)C(=O)CSCc1c(F)cccc1Cl. The van der Waals surface area contributed by atoms with E-state index in [0.717, 1.165) is 24.0 Å². The van der Waals surface area contributed by atoms with E-state index < -0.39 is 6.04 Å². The largest absolute Gasteiger partial charge is 0.354 e. The minimum Gasteiger partial charge on any atom is -0.354 e. The zero-order valence-electron chi connectivity index (χ0n) is 18.3. The second kappa shape index (κ2) is 12.7. The van der Waals surface area contributed by atoms with E-state index in [2.05, 4.69) is 12.2 Å². The standard InChI is InChI=1S/C24H30ClFN2O2S/c1-4-5-13-27-24(30)18(3)28(14-19-11-9-17(2)10-12-19)23(29)16-31-15-20-21(25)7-6-8-22(20)26/h6-12,18H,4-5,13-16H2,1-3H3,(H,27,30)/t18-/m1/s1. The quantitative estimate of drug-likeness (QED) is 0.456. The summed E-state index contributed by atoms with van der Waals surface area (Å²) >= 11 is 7.37. The van der Waals surface area contributed by atoms with E-state index in [0.29, 0.717) is 23.7 Å². The minimum atomic E-state index is -0.608. The van der Waals surface area contributed by atoms with E-state index >= 15 is 0 Å². The molecule has 1 atom stereocenters. The smallest absolute Gasteiger partial charge is 0.242 e. The Morgan fingerprint density at radius 1 is 1.19 bits per heavy atom. The number of nitrogens with zero attached hydrogens (tertiary/aromatic N) is 1. The van der Waals surface area contributed by atoms with Gasteiger partial charge in [-0.2, -0.15) is 0 Å². The first kappa shape index (κ1) is 25.2. The molecule has 0 spiro atoms. The number of carbonyl (C=O) groups is 2. The van der Waals surface area contributed by atoms with Gasteiger partial charge in [-0.1, -0.05) is 60.8 Å². The van der Waals surface area contributed by atoms with E-state index in [4.69, 9.17) is 11.6 Å². The molecule has 0 aliphatic rings. The Labute approximate surface area is 193 Å². The number of amides is 2. The number of aryl methyl sites for hydroxylation is 1. The molecule has 0 fully saturated rings. The first-order valence-electron chi connectivity index (χ1n) is 10.5. The molecule has 0 unspecified atom stereocenters. The van der Waals surface area contributed by atoms with E-state index in [-0.39, 0.29) is 29.1 Å². The molecule has 2 rings (SSSR count). The maximum Gasteiger partial charge on any atom is 0.242 e. The van der Waals surface area contributed by atoms with Crippen LogP contribution in [0.2, 0.25) is 5.02 Å². The lowest BCUT2D eigenvalue weighted by Crippen LogP contribution is -2.48. The number of halogens is 2. The van der Waals surface area contributed by atoms with Crippen molar-refractivity contribution in [2.24, 2.45) is 0 Å². The summed E-state index contributed by atoms with van der Waals surface area (Å²) in [5.74, 6) is -0.310. The maximum absolute atomic E-state index is 14.0. The van der Waals surface area contributed by atoms with Crippen LogP contribution in [0.1, 0.15) is 43.4 Å². The number of thioether (sulfide) groups is 1. The van der Waals surface area contributed by atoms with Crippen LogP contribution in [0.25, 0.3) is 0 Å². The predicted octanol–water partition coefficient (Wildman–Crippen LogP) is 5.35. The third-order valence-corrected chi connectivity index (χ3v) is 6.30. The van der Waals surface area contributed by atoms with Crippen LogP contribution in [0.5, 0.6) is 0 Å². The molecule has 1 N–H and O–H groups in total. The number of hydrogen-bond donors (Lipinski definition) is 1. The van der Waals surface area contributed by atoms with Crippen LogP contribution in [0.15, 0.2) is 42.5 Å². The zero-order valence-corrected chi connectivity index (χ0v) is 19.9. The Morgan fingerprint density at radius 2 is 1.90 bits per heavy atom. The van der Waals surface area contributed by atoms with E-state index in [1.54, 1.807) is 24.0 Å². The number of hydrogen-bond acceptors (Lipinski definition) is 3. The van der Waals surface area contributed by atoms with Crippen molar-refractivity contribution in [3.05, 3.63) is 70.0 Å². The molecule has 7 heteroatoms. The first-order valence-corrected chi connectivity index (χ1v) is 12.0. The summed E-state index contributed by atoms with van der Waals surface area (Å²) in [5, 5.41) is 3.25. The van der Waals surface area contributed by atoms with Gasteiger partial charge in [-0.05, 0) is 38.0 Å². The van der Waals surface area contributed by atoms with Gasteiger partial charge >= 0.3 is 0 Å². The molecule has 0 saturated heterocycles. The second-order valence-corrected chi connectivity index (χ2v) is 8.91. The monoisotopic (exact) mass is 464 g/mol. The highest BCUT2D eigenvalue weighted by molar-refractivity contribution is 7.99.